The number of nitrogens with zero attached hydrogens (tertiary/aromatic N) is 2. The highest BCUT2D eigenvalue weighted by Crippen LogP contribution is 2.42. The third-order valence-electron chi connectivity index (χ3n) is 2.89. The molecule has 0 N–H and O–H groups in total. The molecule has 1 aliphatic rings. The van der Waals surface area contributed by atoms with E-state index in [2.05, 4.69) is 43.9 Å². The van der Waals surface area contributed by atoms with Gasteiger partial charge in [-0.2, -0.15) is 0 Å². The van der Waals surface area contributed by atoms with E-state index in [1.807, 2.05) is 6.08 Å². The molecule has 1 fully saturated rings. The summed E-state index contributed by atoms with van der Waals surface area (Å²) in [6.07, 6.45) is 2.87. The van der Waals surface area contributed by atoms with E-state index in [9.17, 15) is 0 Å². The predicted molar refractivity (Wildman–Crippen MR) is 65.7 cm³/mol. The van der Waals surface area contributed by atoms with Crippen molar-refractivity contribution in [2.75, 3.05) is 13.6 Å². The van der Waals surface area contributed by atoms with Crippen molar-refractivity contribution in [3.63, 3.8) is 0 Å². The molecule has 14 heavy (non-hydrogen) atoms. The van der Waals surface area contributed by atoms with E-state index in [-0.39, 0.29) is 5.54 Å². The smallest absolute Gasteiger partial charge is 0.164 e. The van der Waals surface area contributed by atoms with Crippen molar-refractivity contribution in [1.29, 1.82) is 0 Å². The maximum atomic E-state index is 4.44. The summed E-state index contributed by atoms with van der Waals surface area (Å²) in [6.45, 7) is 12.8. The third-order valence-corrected chi connectivity index (χ3v) is 4.16. The lowest BCUT2D eigenvalue weighted by Gasteiger charge is -2.32. The molecular formula is C11H18N2S. The van der Waals surface area contributed by atoms with Crippen LogP contribution in [0.5, 0.6) is 0 Å². The molecule has 0 aromatic rings. The minimum Gasteiger partial charge on any atom is -0.344 e. The Kier molecular flexibility index (Phi) is 3.43. The van der Waals surface area contributed by atoms with Crippen LogP contribution in [0.15, 0.2) is 29.1 Å². The quantitative estimate of drug-likeness (QED) is 0.666. The summed E-state index contributed by atoms with van der Waals surface area (Å²) in [5.74, 6) is 0. The van der Waals surface area contributed by atoms with Crippen molar-refractivity contribution >= 4 is 16.9 Å². The zero-order valence-corrected chi connectivity index (χ0v) is 10.0. The van der Waals surface area contributed by atoms with E-state index in [1.165, 1.54) is 4.91 Å². The lowest BCUT2D eigenvalue weighted by Crippen LogP contribution is -2.40. The molecule has 1 heterocycles. The summed E-state index contributed by atoms with van der Waals surface area (Å²) in [5.41, 5.74) is 0.0602. The Morgan fingerprint density at radius 1 is 1.64 bits per heavy atom. The van der Waals surface area contributed by atoms with E-state index >= 15 is 0 Å². The predicted octanol–water partition coefficient (Wildman–Crippen LogP) is 2.89. The molecule has 0 bridgehead atoms. The van der Waals surface area contributed by atoms with E-state index in [0.717, 1.165) is 11.6 Å². The Hall–Kier alpha value is -0.700. The summed E-state index contributed by atoms with van der Waals surface area (Å²) >= 11 is 1.68. The first-order valence-corrected chi connectivity index (χ1v) is 5.64. The molecule has 0 aromatic heterocycles. The van der Waals surface area contributed by atoms with Gasteiger partial charge in [0, 0.05) is 12.0 Å². The second-order valence-electron chi connectivity index (χ2n) is 3.62. The summed E-state index contributed by atoms with van der Waals surface area (Å²) in [6, 6.07) is 0. The van der Waals surface area contributed by atoms with Gasteiger partial charge in [0.1, 0.15) is 0 Å². The minimum absolute atomic E-state index is 0.0602. The molecule has 0 amide bonds. The van der Waals surface area contributed by atoms with E-state index in [1.54, 1.807) is 11.8 Å². The second-order valence-corrected chi connectivity index (χ2v) is 4.69. The Bertz CT molecular complexity index is 283. The SMILES string of the molecule is C=CCN=C1SC(=C)C(C)(CC)N1C. The van der Waals surface area contributed by atoms with Crippen LogP contribution in [0.2, 0.25) is 0 Å². The number of rotatable bonds is 3. The third kappa shape index (κ3) is 1.73. The summed E-state index contributed by atoms with van der Waals surface area (Å²) in [5, 5.41) is 1.05. The molecule has 1 rings (SSSR count). The van der Waals surface area contributed by atoms with Gasteiger partial charge in [0.15, 0.2) is 5.17 Å². The number of amidine groups is 1. The average molecular weight is 210 g/mol. The van der Waals surface area contributed by atoms with Crippen molar-refractivity contribution in [1.82, 2.24) is 4.90 Å². The highest BCUT2D eigenvalue weighted by molar-refractivity contribution is 8.17. The molecule has 1 unspecified atom stereocenters. The van der Waals surface area contributed by atoms with Gasteiger partial charge in [0.25, 0.3) is 0 Å². The topological polar surface area (TPSA) is 15.6 Å². The Morgan fingerprint density at radius 3 is 2.71 bits per heavy atom. The maximum Gasteiger partial charge on any atom is 0.164 e. The molecule has 1 aliphatic heterocycles. The average Bonchev–Trinajstić information content (AvgIpc) is 2.40. The first-order valence-electron chi connectivity index (χ1n) is 4.82. The van der Waals surface area contributed by atoms with Gasteiger partial charge >= 0.3 is 0 Å². The molecule has 1 atom stereocenters. The van der Waals surface area contributed by atoms with Crippen LogP contribution in [0.25, 0.3) is 0 Å². The van der Waals surface area contributed by atoms with Crippen LogP contribution < -0.4 is 0 Å². The summed E-state index contributed by atoms with van der Waals surface area (Å²) in [7, 11) is 2.08. The molecule has 3 heteroatoms. The number of likely N-dealkylation sites (N-methyl/N-ethyl adjacent to an activating group) is 1. The van der Waals surface area contributed by atoms with Crippen LogP contribution in [0.4, 0.5) is 0 Å². The first kappa shape index (κ1) is 11.4. The number of hydrogen-bond donors (Lipinski definition) is 0. The zero-order valence-electron chi connectivity index (χ0n) is 9.21. The Balaban J connectivity index is 2.89. The first-order chi connectivity index (χ1) is 6.56. The zero-order chi connectivity index (χ0) is 10.8. The number of aliphatic imine (C=N–C) groups is 1. The van der Waals surface area contributed by atoms with E-state index in [0.29, 0.717) is 6.54 Å². The van der Waals surface area contributed by atoms with Crippen LogP contribution in [-0.4, -0.2) is 29.2 Å². The van der Waals surface area contributed by atoms with E-state index < -0.39 is 0 Å². The van der Waals surface area contributed by atoms with Gasteiger partial charge in [-0.15, -0.1) is 6.58 Å². The van der Waals surface area contributed by atoms with Gasteiger partial charge in [-0.3, -0.25) is 4.99 Å². The van der Waals surface area contributed by atoms with Crippen LogP contribution in [0.1, 0.15) is 20.3 Å². The van der Waals surface area contributed by atoms with Crippen molar-refractivity contribution in [3.8, 4) is 0 Å². The van der Waals surface area contributed by atoms with Crippen LogP contribution in [0.3, 0.4) is 0 Å². The normalized spacial score (nSPS) is 30.1. The van der Waals surface area contributed by atoms with Gasteiger partial charge < -0.3 is 4.90 Å². The fourth-order valence-electron chi connectivity index (χ4n) is 1.40. The largest absolute Gasteiger partial charge is 0.344 e. The van der Waals surface area contributed by atoms with Gasteiger partial charge in [0.05, 0.1) is 12.1 Å². The highest BCUT2D eigenvalue weighted by atomic mass is 32.2. The van der Waals surface area contributed by atoms with Crippen molar-refractivity contribution in [2.45, 2.75) is 25.8 Å². The second kappa shape index (κ2) is 4.22. The molecule has 78 valence electrons. The summed E-state index contributed by atoms with van der Waals surface area (Å²) < 4.78 is 0. The highest BCUT2D eigenvalue weighted by Gasteiger charge is 2.40. The maximum absolute atomic E-state index is 4.44. The minimum atomic E-state index is 0.0602. The monoisotopic (exact) mass is 210 g/mol. The molecule has 0 spiro atoms. The lowest BCUT2D eigenvalue weighted by molar-refractivity contribution is 0.292. The number of thioether (sulfide) groups is 1. The Morgan fingerprint density at radius 2 is 2.29 bits per heavy atom. The summed E-state index contributed by atoms with van der Waals surface area (Å²) in [4.78, 5) is 7.84. The fraction of sp³-hybridized carbons (Fsp3) is 0.545. The van der Waals surface area contributed by atoms with E-state index in [4.69, 9.17) is 0 Å². The van der Waals surface area contributed by atoms with Crippen molar-refractivity contribution in [2.24, 2.45) is 4.99 Å². The van der Waals surface area contributed by atoms with Crippen molar-refractivity contribution in [3.05, 3.63) is 24.1 Å². The Labute approximate surface area is 90.8 Å². The van der Waals surface area contributed by atoms with Crippen LogP contribution in [-0.2, 0) is 0 Å². The van der Waals surface area contributed by atoms with Gasteiger partial charge in [0.2, 0.25) is 0 Å². The molecule has 0 aromatic carbocycles. The molecule has 0 saturated carbocycles. The van der Waals surface area contributed by atoms with Crippen molar-refractivity contribution < 1.29 is 0 Å². The number of hydrogen-bond acceptors (Lipinski definition) is 2. The van der Waals surface area contributed by atoms with Gasteiger partial charge in [-0.1, -0.05) is 31.3 Å². The standard InChI is InChI=1S/C11H18N2S/c1-6-8-12-10-13(5)11(4,7-2)9(3)14-10/h6H,1,3,7-8H2,2,4-5H3. The molecule has 2 nitrogen and oxygen atoms in total. The fourth-order valence-corrected chi connectivity index (χ4v) is 2.60. The van der Waals surface area contributed by atoms with Crippen LogP contribution in [0, 0.1) is 0 Å². The lowest BCUT2D eigenvalue weighted by atomic mass is 9.98. The molecule has 0 aliphatic carbocycles. The molecular weight excluding hydrogens is 192 g/mol. The van der Waals surface area contributed by atoms with Crippen LogP contribution >= 0.6 is 11.8 Å². The van der Waals surface area contributed by atoms with Gasteiger partial charge in [-0.25, -0.2) is 0 Å². The molecule has 0 radical (unpaired) electrons. The molecule has 1 saturated heterocycles. The van der Waals surface area contributed by atoms with Gasteiger partial charge in [-0.05, 0) is 13.3 Å².